The number of aryl methyl sites for hydroxylation is 1. The number of hydrogen-bond acceptors (Lipinski definition) is 2. The number of carbonyl (C=O) groups is 2. The predicted molar refractivity (Wildman–Crippen MR) is 121 cm³/mol. The lowest BCUT2D eigenvalue weighted by atomic mass is 9.92. The van der Waals surface area contributed by atoms with Crippen LogP contribution in [0, 0.1) is 11.3 Å². The molecule has 0 heterocycles. The van der Waals surface area contributed by atoms with Gasteiger partial charge in [-0.15, -0.1) is 0 Å². The van der Waals surface area contributed by atoms with Crippen LogP contribution in [-0.4, -0.2) is 30.2 Å². The molecule has 2 amide bonds. The van der Waals surface area contributed by atoms with Gasteiger partial charge in [0.05, 0.1) is 0 Å². The average Bonchev–Trinajstić information content (AvgIpc) is 2.64. The molecule has 166 valence electrons. The van der Waals surface area contributed by atoms with Crippen LogP contribution in [0.2, 0.25) is 0 Å². The standard InChI is InChI=1S/C18H29NO.C6H13NO2/c1-14(2)16-8-6-7-15(13-16)9-10-17(20)19-12-11-18(3,4)5;1-3-5(2)4-7-6(8)9/h6-8,13-14H,9-12H2,1-5H3,(H,19,20);5,7H,3-4H2,1-2H3,(H,8,9). The van der Waals surface area contributed by atoms with Crippen LogP contribution in [0.4, 0.5) is 4.79 Å². The Morgan fingerprint density at radius 3 is 2.28 bits per heavy atom. The van der Waals surface area contributed by atoms with Crippen LogP contribution >= 0.6 is 0 Å². The minimum Gasteiger partial charge on any atom is -0.465 e. The first-order valence-electron chi connectivity index (χ1n) is 10.8. The Kier molecular flexibility index (Phi) is 13.0. The molecule has 5 nitrogen and oxygen atoms in total. The lowest BCUT2D eigenvalue weighted by Gasteiger charge is -2.18. The van der Waals surface area contributed by atoms with Gasteiger partial charge in [-0.2, -0.15) is 0 Å². The molecular formula is C24H42N2O3. The Hall–Kier alpha value is -2.04. The molecule has 0 aliphatic carbocycles. The molecule has 0 radical (unpaired) electrons. The van der Waals surface area contributed by atoms with Gasteiger partial charge >= 0.3 is 6.09 Å². The zero-order valence-corrected chi connectivity index (χ0v) is 19.5. The highest BCUT2D eigenvalue weighted by molar-refractivity contribution is 5.76. The molecule has 0 saturated heterocycles. The topological polar surface area (TPSA) is 78.4 Å². The van der Waals surface area contributed by atoms with Crippen LogP contribution in [0.15, 0.2) is 24.3 Å². The van der Waals surface area contributed by atoms with Crippen molar-refractivity contribution in [3.63, 3.8) is 0 Å². The largest absolute Gasteiger partial charge is 0.465 e. The van der Waals surface area contributed by atoms with Crippen LogP contribution in [0.3, 0.4) is 0 Å². The summed E-state index contributed by atoms with van der Waals surface area (Å²) >= 11 is 0. The first-order valence-corrected chi connectivity index (χ1v) is 10.8. The lowest BCUT2D eigenvalue weighted by Crippen LogP contribution is -2.27. The van der Waals surface area contributed by atoms with Crippen LogP contribution in [0.5, 0.6) is 0 Å². The average molecular weight is 407 g/mol. The highest BCUT2D eigenvalue weighted by Gasteiger charge is 2.10. The van der Waals surface area contributed by atoms with Gasteiger partial charge in [-0.25, -0.2) is 4.79 Å². The van der Waals surface area contributed by atoms with Gasteiger partial charge in [0.15, 0.2) is 0 Å². The molecule has 1 unspecified atom stereocenters. The van der Waals surface area contributed by atoms with Crippen molar-refractivity contribution >= 4 is 12.0 Å². The lowest BCUT2D eigenvalue weighted by molar-refractivity contribution is -0.121. The highest BCUT2D eigenvalue weighted by Crippen LogP contribution is 2.18. The fourth-order valence-electron chi connectivity index (χ4n) is 2.44. The minimum atomic E-state index is -0.935. The molecule has 29 heavy (non-hydrogen) atoms. The summed E-state index contributed by atoms with van der Waals surface area (Å²) < 4.78 is 0. The summed E-state index contributed by atoms with van der Waals surface area (Å²) in [7, 11) is 0. The van der Waals surface area contributed by atoms with Crippen molar-refractivity contribution < 1.29 is 14.7 Å². The molecule has 1 aromatic rings. The van der Waals surface area contributed by atoms with Crippen LogP contribution < -0.4 is 10.6 Å². The number of carbonyl (C=O) groups excluding carboxylic acids is 1. The van der Waals surface area contributed by atoms with Crippen molar-refractivity contribution in [3.05, 3.63) is 35.4 Å². The second kappa shape index (κ2) is 14.0. The molecule has 0 spiro atoms. The van der Waals surface area contributed by atoms with E-state index in [2.05, 4.69) is 69.5 Å². The number of benzene rings is 1. The Labute approximate surface area is 177 Å². The third-order valence-electron chi connectivity index (χ3n) is 4.75. The van der Waals surface area contributed by atoms with Crippen molar-refractivity contribution in [1.82, 2.24) is 10.6 Å². The molecule has 5 heteroatoms. The Morgan fingerprint density at radius 2 is 1.76 bits per heavy atom. The molecular weight excluding hydrogens is 364 g/mol. The Morgan fingerprint density at radius 1 is 1.10 bits per heavy atom. The Balaban J connectivity index is 0.000000734. The summed E-state index contributed by atoms with van der Waals surface area (Å²) in [6.45, 7) is 16.3. The molecule has 0 aliphatic rings. The van der Waals surface area contributed by atoms with Crippen LogP contribution in [0.1, 0.15) is 84.8 Å². The van der Waals surface area contributed by atoms with E-state index in [0.717, 1.165) is 25.8 Å². The van der Waals surface area contributed by atoms with E-state index in [9.17, 15) is 9.59 Å². The number of nitrogens with one attached hydrogen (secondary N) is 2. The molecule has 0 fully saturated rings. The molecule has 0 aliphatic heterocycles. The second-order valence-electron chi connectivity index (χ2n) is 9.26. The van der Waals surface area contributed by atoms with E-state index >= 15 is 0 Å². The number of carboxylic acid groups (broad SMARTS) is 1. The van der Waals surface area contributed by atoms with Crippen molar-refractivity contribution in [2.24, 2.45) is 11.3 Å². The van der Waals surface area contributed by atoms with Crippen molar-refractivity contribution in [1.29, 1.82) is 0 Å². The van der Waals surface area contributed by atoms with E-state index in [4.69, 9.17) is 5.11 Å². The van der Waals surface area contributed by atoms with Crippen molar-refractivity contribution in [2.75, 3.05) is 13.1 Å². The maximum atomic E-state index is 11.8. The van der Waals surface area contributed by atoms with Gasteiger partial charge in [0.2, 0.25) is 5.91 Å². The second-order valence-corrected chi connectivity index (χ2v) is 9.26. The zero-order valence-electron chi connectivity index (χ0n) is 19.5. The molecule has 0 bridgehead atoms. The maximum absolute atomic E-state index is 11.8. The van der Waals surface area contributed by atoms with E-state index in [-0.39, 0.29) is 11.3 Å². The molecule has 0 saturated carbocycles. The molecule has 3 N–H and O–H groups in total. The SMILES string of the molecule is CC(C)c1cccc(CCC(=O)NCCC(C)(C)C)c1.CCC(C)CNC(=O)O. The van der Waals surface area contributed by atoms with E-state index in [1.165, 1.54) is 11.1 Å². The van der Waals surface area contributed by atoms with E-state index in [1.807, 2.05) is 13.8 Å². The van der Waals surface area contributed by atoms with Crippen LogP contribution in [-0.2, 0) is 11.2 Å². The fraction of sp³-hybridized carbons (Fsp3) is 0.667. The zero-order chi connectivity index (χ0) is 22.4. The van der Waals surface area contributed by atoms with Gasteiger partial charge in [-0.3, -0.25) is 4.79 Å². The predicted octanol–water partition coefficient (Wildman–Crippen LogP) is 5.60. The minimum absolute atomic E-state index is 0.157. The van der Waals surface area contributed by atoms with E-state index < -0.39 is 6.09 Å². The Bertz CT molecular complexity index is 606. The van der Waals surface area contributed by atoms with Gasteiger partial charge in [0, 0.05) is 19.5 Å². The number of amides is 2. The normalized spacial score (nSPS) is 12.0. The summed E-state index contributed by atoms with van der Waals surface area (Å²) in [6, 6.07) is 8.56. The van der Waals surface area contributed by atoms with Crippen molar-refractivity contribution in [3.8, 4) is 0 Å². The maximum Gasteiger partial charge on any atom is 0.404 e. The van der Waals surface area contributed by atoms with E-state index in [1.54, 1.807) is 0 Å². The van der Waals surface area contributed by atoms with Gasteiger partial charge in [0.1, 0.15) is 0 Å². The summed E-state index contributed by atoms with van der Waals surface area (Å²) in [5, 5.41) is 13.5. The molecule has 1 aromatic carbocycles. The first-order chi connectivity index (χ1) is 13.4. The molecule has 0 aromatic heterocycles. The highest BCUT2D eigenvalue weighted by atomic mass is 16.4. The number of hydrogen-bond donors (Lipinski definition) is 3. The van der Waals surface area contributed by atoms with E-state index in [0.29, 0.717) is 24.8 Å². The summed E-state index contributed by atoms with van der Waals surface area (Å²) in [5.74, 6) is 1.14. The summed E-state index contributed by atoms with van der Waals surface area (Å²) in [6.07, 6.45) is 2.49. The first kappa shape index (κ1) is 27.0. The summed E-state index contributed by atoms with van der Waals surface area (Å²) in [5.41, 5.74) is 2.87. The van der Waals surface area contributed by atoms with Gasteiger partial charge in [-0.05, 0) is 41.2 Å². The van der Waals surface area contributed by atoms with Crippen LogP contribution in [0.25, 0.3) is 0 Å². The third kappa shape index (κ3) is 15.5. The van der Waals surface area contributed by atoms with Crippen molar-refractivity contribution in [2.45, 2.75) is 80.1 Å². The smallest absolute Gasteiger partial charge is 0.404 e. The quantitative estimate of drug-likeness (QED) is 0.500. The van der Waals surface area contributed by atoms with Gasteiger partial charge in [0.25, 0.3) is 0 Å². The fourth-order valence-corrected chi connectivity index (χ4v) is 2.44. The molecule has 1 atom stereocenters. The van der Waals surface area contributed by atoms with Gasteiger partial charge in [-0.1, -0.05) is 79.2 Å². The summed E-state index contributed by atoms with van der Waals surface area (Å²) in [4.78, 5) is 21.7. The third-order valence-corrected chi connectivity index (χ3v) is 4.75. The van der Waals surface area contributed by atoms with Gasteiger partial charge < -0.3 is 15.7 Å². The monoisotopic (exact) mass is 406 g/mol. The number of rotatable bonds is 9. The molecule has 1 rings (SSSR count).